The van der Waals surface area contributed by atoms with Gasteiger partial charge in [-0.3, -0.25) is 4.79 Å². The Morgan fingerprint density at radius 3 is 2.50 bits per heavy atom. The minimum atomic E-state index is -4.49. The van der Waals surface area contributed by atoms with E-state index in [4.69, 9.17) is 11.6 Å². The molecule has 0 spiro atoms. The van der Waals surface area contributed by atoms with Crippen molar-refractivity contribution in [1.29, 1.82) is 0 Å². The summed E-state index contributed by atoms with van der Waals surface area (Å²) in [5.41, 5.74) is 1.21. The number of hydrogen-bond donors (Lipinski definition) is 1. The molecule has 2 aromatic rings. The van der Waals surface area contributed by atoms with Gasteiger partial charge in [0, 0.05) is 24.9 Å². The number of nitrogens with one attached hydrogen (secondary N) is 1. The molecule has 1 amide bonds. The van der Waals surface area contributed by atoms with Crippen molar-refractivity contribution in [3.05, 3.63) is 64.3 Å². The largest absolute Gasteiger partial charge is 0.419 e. The lowest BCUT2D eigenvalue weighted by Gasteiger charge is -2.29. The van der Waals surface area contributed by atoms with Gasteiger partial charge in [-0.2, -0.15) is 13.2 Å². The Hall–Kier alpha value is -2.54. The van der Waals surface area contributed by atoms with E-state index in [1.807, 2.05) is 12.1 Å². The monoisotopic (exact) mass is 437 g/mol. The van der Waals surface area contributed by atoms with Gasteiger partial charge in [0.1, 0.15) is 5.82 Å². The third-order valence-corrected chi connectivity index (χ3v) is 5.29. The molecular formula is C22H23ClF3N3O. The van der Waals surface area contributed by atoms with Gasteiger partial charge in [-0.1, -0.05) is 44.5 Å². The Morgan fingerprint density at radius 2 is 1.93 bits per heavy atom. The van der Waals surface area contributed by atoms with Crippen molar-refractivity contribution in [2.24, 2.45) is 0 Å². The van der Waals surface area contributed by atoms with Gasteiger partial charge >= 0.3 is 6.18 Å². The topological polar surface area (TPSA) is 45.2 Å². The summed E-state index contributed by atoms with van der Waals surface area (Å²) in [4.78, 5) is 18.0. The molecular weight excluding hydrogens is 415 g/mol. The van der Waals surface area contributed by atoms with Crippen LogP contribution in [0.1, 0.15) is 38.3 Å². The van der Waals surface area contributed by atoms with Crippen molar-refractivity contribution >= 4 is 29.0 Å². The summed E-state index contributed by atoms with van der Waals surface area (Å²) in [7, 11) is 0. The first-order chi connectivity index (χ1) is 14.0. The molecule has 0 radical (unpaired) electrons. The van der Waals surface area contributed by atoms with Crippen LogP contribution in [0.2, 0.25) is 5.02 Å². The van der Waals surface area contributed by atoms with Gasteiger partial charge in [0.15, 0.2) is 0 Å². The Balaban J connectivity index is 1.72. The van der Waals surface area contributed by atoms with Crippen LogP contribution in [-0.4, -0.2) is 24.0 Å². The normalized spacial score (nSPS) is 15.0. The van der Waals surface area contributed by atoms with Crippen LogP contribution in [0, 0.1) is 0 Å². The highest BCUT2D eigenvalue weighted by atomic mass is 35.5. The Bertz CT molecular complexity index is 980. The van der Waals surface area contributed by atoms with Gasteiger partial charge in [-0.05, 0) is 41.7 Å². The minimum Gasteiger partial charge on any atom is -0.352 e. The highest BCUT2D eigenvalue weighted by Crippen LogP contribution is 2.36. The predicted octanol–water partition coefficient (Wildman–Crippen LogP) is 5.83. The molecule has 1 aliphatic rings. The van der Waals surface area contributed by atoms with E-state index in [2.05, 4.69) is 31.1 Å². The van der Waals surface area contributed by atoms with Gasteiger partial charge in [0.05, 0.1) is 16.3 Å². The standard InChI is InChI=1S/C22H23ClF3N3O/c1-21(2,3)15-6-7-18(17(23)13-15)28-20(30)14-8-11-29(12-9-14)19-16(22(24,25)26)5-4-10-27-19/h4-8,10,13H,9,11-12H2,1-3H3,(H,28,30). The molecule has 2 heterocycles. The lowest BCUT2D eigenvalue weighted by molar-refractivity contribution is -0.137. The van der Waals surface area contributed by atoms with Crippen LogP contribution in [0.25, 0.3) is 0 Å². The summed E-state index contributed by atoms with van der Waals surface area (Å²) in [6.07, 6.45) is -1.22. The smallest absolute Gasteiger partial charge is 0.352 e. The summed E-state index contributed by atoms with van der Waals surface area (Å²) < 4.78 is 39.7. The lowest BCUT2D eigenvalue weighted by Crippen LogP contribution is -2.33. The first-order valence-electron chi connectivity index (χ1n) is 9.54. The number of carbonyl (C=O) groups excluding carboxylic acids is 1. The number of nitrogens with zero attached hydrogens (tertiary/aromatic N) is 2. The van der Waals surface area contributed by atoms with Gasteiger partial charge in [0.25, 0.3) is 5.91 Å². The fourth-order valence-corrected chi connectivity index (χ4v) is 3.45. The zero-order valence-corrected chi connectivity index (χ0v) is 17.7. The first-order valence-corrected chi connectivity index (χ1v) is 9.92. The number of halogens is 4. The van der Waals surface area contributed by atoms with Crippen LogP contribution in [0.3, 0.4) is 0 Å². The van der Waals surface area contributed by atoms with Crippen molar-refractivity contribution in [2.75, 3.05) is 23.3 Å². The second-order valence-electron chi connectivity index (χ2n) is 8.20. The Kier molecular flexibility index (Phi) is 6.13. The average Bonchev–Trinajstić information content (AvgIpc) is 2.68. The van der Waals surface area contributed by atoms with Crippen molar-refractivity contribution in [3.63, 3.8) is 0 Å². The third kappa shape index (κ3) is 4.95. The van der Waals surface area contributed by atoms with Crippen molar-refractivity contribution in [1.82, 2.24) is 4.98 Å². The van der Waals surface area contributed by atoms with Crippen molar-refractivity contribution in [3.8, 4) is 0 Å². The Morgan fingerprint density at radius 1 is 1.20 bits per heavy atom. The van der Waals surface area contributed by atoms with Crippen LogP contribution < -0.4 is 10.2 Å². The van der Waals surface area contributed by atoms with Crippen LogP contribution in [-0.2, 0) is 16.4 Å². The molecule has 30 heavy (non-hydrogen) atoms. The molecule has 3 rings (SSSR count). The lowest BCUT2D eigenvalue weighted by atomic mass is 9.87. The van der Waals surface area contributed by atoms with Crippen molar-refractivity contribution in [2.45, 2.75) is 38.8 Å². The third-order valence-electron chi connectivity index (χ3n) is 4.98. The fraction of sp³-hybridized carbons (Fsp3) is 0.364. The molecule has 1 aliphatic heterocycles. The zero-order chi connectivity index (χ0) is 22.1. The molecule has 0 fully saturated rings. The van der Waals surface area contributed by atoms with Crippen LogP contribution >= 0.6 is 11.6 Å². The van der Waals surface area contributed by atoms with E-state index < -0.39 is 11.7 Å². The second kappa shape index (κ2) is 8.30. The fourth-order valence-electron chi connectivity index (χ4n) is 3.22. The number of rotatable bonds is 3. The number of hydrogen-bond acceptors (Lipinski definition) is 3. The number of alkyl halides is 3. The zero-order valence-electron chi connectivity index (χ0n) is 17.0. The maximum Gasteiger partial charge on any atom is 0.419 e. The van der Waals surface area contributed by atoms with Gasteiger partial charge < -0.3 is 10.2 Å². The predicted molar refractivity (Wildman–Crippen MR) is 113 cm³/mol. The first kappa shape index (κ1) is 22.2. The van der Waals surface area contributed by atoms with Crippen LogP contribution in [0.5, 0.6) is 0 Å². The van der Waals surface area contributed by atoms with E-state index in [0.29, 0.717) is 22.7 Å². The number of pyridine rings is 1. The summed E-state index contributed by atoms with van der Waals surface area (Å²) in [6, 6.07) is 7.78. The number of anilines is 2. The van der Waals surface area contributed by atoms with Gasteiger partial charge in [0.2, 0.25) is 0 Å². The highest BCUT2D eigenvalue weighted by molar-refractivity contribution is 6.34. The molecule has 160 valence electrons. The summed E-state index contributed by atoms with van der Waals surface area (Å²) in [6.45, 7) is 6.64. The maximum absolute atomic E-state index is 13.2. The number of carbonyl (C=O) groups is 1. The molecule has 0 atom stereocenters. The SMILES string of the molecule is CC(C)(C)c1ccc(NC(=O)C2=CCN(c3ncccc3C(F)(F)F)CC2)c(Cl)c1. The van der Waals surface area contributed by atoms with E-state index in [9.17, 15) is 18.0 Å². The molecule has 8 heteroatoms. The summed E-state index contributed by atoms with van der Waals surface area (Å²) in [5, 5.41) is 3.24. The number of benzene rings is 1. The van der Waals surface area contributed by atoms with E-state index >= 15 is 0 Å². The van der Waals surface area contributed by atoms with E-state index in [0.717, 1.165) is 11.6 Å². The minimum absolute atomic E-state index is 0.0672. The number of aromatic nitrogens is 1. The molecule has 0 bridgehead atoms. The average molecular weight is 438 g/mol. The van der Waals surface area contributed by atoms with E-state index in [1.54, 1.807) is 12.1 Å². The summed E-state index contributed by atoms with van der Waals surface area (Å²) in [5.74, 6) is -0.432. The Labute approximate surface area is 178 Å². The van der Waals surface area contributed by atoms with Crippen LogP contribution in [0.15, 0.2) is 48.2 Å². The quantitative estimate of drug-likeness (QED) is 0.657. The molecule has 0 saturated carbocycles. The summed E-state index contributed by atoms with van der Waals surface area (Å²) >= 11 is 6.32. The maximum atomic E-state index is 13.2. The van der Waals surface area contributed by atoms with Gasteiger partial charge in [-0.15, -0.1) is 0 Å². The highest BCUT2D eigenvalue weighted by Gasteiger charge is 2.36. The van der Waals surface area contributed by atoms with Crippen molar-refractivity contribution < 1.29 is 18.0 Å². The molecule has 0 aliphatic carbocycles. The number of amides is 1. The van der Waals surface area contributed by atoms with Gasteiger partial charge in [-0.25, -0.2) is 4.98 Å². The molecule has 0 unspecified atom stereocenters. The molecule has 4 nitrogen and oxygen atoms in total. The van der Waals surface area contributed by atoms with E-state index in [1.165, 1.54) is 17.2 Å². The molecule has 1 aromatic carbocycles. The second-order valence-corrected chi connectivity index (χ2v) is 8.60. The van der Waals surface area contributed by atoms with E-state index in [-0.39, 0.29) is 30.2 Å². The molecule has 0 saturated heterocycles. The molecule has 1 N–H and O–H groups in total. The molecule has 1 aromatic heterocycles. The van der Waals surface area contributed by atoms with Crippen LogP contribution in [0.4, 0.5) is 24.7 Å².